The molecule has 0 radical (unpaired) electrons. The lowest BCUT2D eigenvalue weighted by atomic mass is 10.0. The average molecular weight is 372 g/mol. The molecular formula is C23H24N4O. The van der Waals surface area contributed by atoms with E-state index in [1.165, 1.54) is 22.5 Å². The number of amides is 1. The lowest BCUT2D eigenvalue weighted by Gasteiger charge is -2.21. The van der Waals surface area contributed by atoms with Gasteiger partial charge < -0.3 is 15.2 Å². The molecule has 0 saturated carbocycles. The molecule has 0 aliphatic rings. The van der Waals surface area contributed by atoms with Crippen LogP contribution >= 0.6 is 0 Å². The van der Waals surface area contributed by atoms with Crippen LogP contribution in [0.5, 0.6) is 0 Å². The summed E-state index contributed by atoms with van der Waals surface area (Å²) in [6, 6.07) is 18.6. The second-order valence-electron chi connectivity index (χ2n) is 6.66. The molecule has 5 nitrogen and oxygen atoms in total. The first-order valence-corrected chi connectivity index (χ1v) is 9.35. The van der Waals surface area contributed by atoms with E-state index in [-0.39, 0.29) is 5.57 Å². The van der Waals surface area contributed by atoms with E-state index in [2.05, 4.69) is 55.1 Å². The first-order chi connectivity index (χ1) is 13.5. The Labute approximate surface area is 165 Å². The van der Waals surface area contributed by atoms with Gasteiger partial charge >= 0.3 is 0 Å². The number of aromatic nitrogens is 1. The number of nitriles is 1. The maximum absolute atomic E-state index is 11.3. The Morgan fingerprint density at radius 1 is 1.11 bits per heavy atom. The first kappa shape index (κ1) is 19.2. The maximum Gasteiger partial charge on any atom is 0.259 e. The van der Waals surface area contributed by atoms with E-state index in [1.807, 2.05) is 29.8 Å². The quantitative estimate of drug-likeness (QED) is 0.523. The highest BCUT2D eigenvalue weighted by Gasteiger charge is 2.10. The van der Waals surface area contributed by atoms with E-state index < -0.39 is 5.91 Å². The number of anilines is 1. The minimum absolute atomic E-state index is 0.0600. The molecular weight excluding hydrogens is 348 g/mol. The van der Waals surface area contributed by atoms with Gasteiger partial charge in [-0.1, -0.05) is 18.2 Å². The molecule has 0 saturated heterocycles. The number of primary amides is 1. The van der Waals surface area contributed by atoms with Gasteiger partial charge in [-0.3, -0.25) is 4.79 Å². The van der Waals surface area contributed by atoms with E-state index in [4.69, 9.17) is 11.0 Å². The van der Waals surface area contributed by atoms with Crippen LogP contribution in [0.25, 0.3) is 28.1 Å². The lowest BCUT2D eigenvalue weighted by Crippen LogP contribution is -2.21. The van der Waals surface area contributed by atoms with E-state index >= 15 is 0 Å². The van der Waals surface area contributed by atoms with Crippen molar-refractivity contribution in [2.45, 2.75) is 13.8 Å². The predicted octanol–water partition coefficient (Wildman–Crippen LogP) is 4.08. The van der Waals surface area contributed by atoms with Crippen molar-refractivity contribution in [2.24, 2.45) is 12.8 Å². The van der Waals surface area contributed by atoms with Gasteiger partial charge in [-0.15, -0.1) is 0 Å². The number of fused-ring (bicyclic) bond motifs is 1. The highest BCUT2D eigenvalue weighted by atomic mass is 16.1. The standard InChI is InChI=1S/C23H24N4O/c1-4-27(5-2)21-9-8-16-12-18(7-6-17(16)13-21)22-11-10-20(26(22)3)14-19(15-24)23(25)28/h6-14H,4-5H2,1-3H3,(H2,25,28). The van der Waals surface area contributed by atoms with Crippen LogP contribution in [-0.4, -0.2) is 23.6 Å². The molecule has 0 fully saturated rings. The van der Waals surface area contributed by atoms with Crippen LogP contribution in [0.1, 0.15) is 19.5 Å². The van der Waals surface area contributed by atoms with Crippen LogP contribution < -0.4 is 10.6 Å². The van der Waals surface area contributed by atoms with Gasteiger partial charge in [-0.25, -0.2) is 0 Å². The molecule has 1 aromatic heterocycles. The third-order valence-electron chi connectivity index (χ3n) is 5.09. The van der Waals surface area contributed by atoms with Crippen molar-refractivity contribution in [3.8, 4) is 17.3 Å². The topological polar surface area (TPSA) is 75.1 Å². The molecule has 1 heterocycles. The fraction of sp³-hybridized carbons (Fsp3) is 0.217. The van der Waals surface area contributed by atoms with Gasteiger partial charge in [0.25, 0.3) is 5.91 Å². The van der Waals surface area contributed by atoms with Crippen molar-refractivity contribution >= 4 is 28.4 Å². The molecule has 28 heavy (non-hydrogen) atoms. The molecule has 5 heteroatoms. The van der Waals surface area contributed by atoms with Crippen LogP contribution in [0.2, 0.25) is 0 Å². The van der Waals surface area contributed by atoms with Gasteiger partial charge in [0, 0.05) is 37.2 Å². The van der Waals surface area contributed by atoms with Crippen molar-refractivity contribution in [3.63, 3.8) is 0 Å². The second-order valence-corrected chi connectivity index (χ2v) is 6.66. The van der Waals surface area contributed by atoms with Gasteiger partial charge in [-0.2, -0.15) is 5.26 Å². The summed E-state index contributed by atoms with van der Waals surface area (Å²) < 4.78 is 1.95. The maximum atomic E-state index is 11.3. The molecule has 2 N–H and O–H groups in total. The Hall–Kier alpha value is -3.52. The van der Waals surface area contributed by atoms with Crippen molar-refractivity contribution in [2.75, 3.05) is 18.0 Å². The largest absolute Gasteiger partial charge is 0.372 e. The Morgan fingerprint density at radius 3 is 2.43 bits per heavy atom. The Bertz CT molecular complexity index is 1100. The van der Waals surface area contributed by atoms with Crippen molar-refractivity contribution < 1.29 is 4.79 Å². The summed E-state index contributed by atoms with van der Waals surface area (Å²) in [5.74, 6) is -0.722. The van der Waals surface area contributed by atoms with Crippen LogP contribution in [-0.2, 0) is 11.8 Å². The van der Waals surface area contributed by atoms with Gasteiger partial charge in [0.15, 0.2) is 0 Å². The molecule has 0 unspecified atom stereocenters. The molecule has 0 aliphatic carbocycles. The van der Waals surface area contributed by atoms with Crippen molar-refractivity contribution in [3.05, 3.63) is 59.8 Å². The Morgan fingerprint density at radius 2 is 1.79 bits per heavy atom. The molecule has 0 spiro atoms. The summed E-state index contributed by atoms with van der Waals surface area (Å²) in [4.78, 5) is 13.6. The molecule has 3 aromatic rings. The molecule has 0 aliphatic heterocycles. The molecule has 142 valence electrons. The van der Waals surface area contributed by atoms with Gasteiger partial charge in [-0.05, 0) is 66.6 Å². The molecule has 0 atom stereocenters. The average Bonchev–Trinajstić information content (AvgIpc) is 3.06. The van der Waals surface area contributed by atoms with E-state index in [1.54, 1.807) is 0 Å². The number of rotatable bonds is 6. The van der Waals surface area contributed by atoms with Crippen LogP contribution in [0, 0.1) is 11.3 Å². The third kappa shape index (κ3) is 3.63. The monoisotopic (exact) mass is 372 g/mol. The highest BCUT2D eigenvalue weighted by molar-refractivity contribution is 6.00. The molecule has 0 bridgehead atoms. The zero-order valence-corrected chi connectivity index (χ0v) is 16.4. The minimum Gasteiger partial charge on any atom is -0.372 e. The van der Waals surface area contributed by atoms with Gasteiger partial charge in [0.2, 0.25) is 0 Å². The number of hydrogen-bond donors (Lipinski definition) is 1. The summed E-state index contributed by atoms with van der Waals surface area (Å²) in [5.41, 5.74) is 9.23. The summed E-state index contributed by atoms with van der Waals surface area (Å²) in [6.07, 6.45) is 1.52. The SMILES string of the molecule is CCN(CC)c1ccc2cc(-c3ccc(C=C(C#N)C(N)=O)n3C)ccc2c1. The zero-order valence-electron chi connectivity index (χ0n) is 16.4. The smallest absolute Gasteiger partial charge is 0.259 e. The van der Waals surface area contributed by atoms with Crippen LogP contribution in [0.3, 0.4) is 0 Å². The minimum atomic E-state index is -0.722. The summed E-state index contributed by atoms with van der Waals surface area (Å²) >= 11 is 0. The number of nitrogens with two attached hydrogens (primary N) is 1. The van der Waals surface area contributed by atoms with Crippen molar-refractivity contribution in [1.29, 1.82) is 5.26 Å². The van der Waals surface area contributed by atoms with Gasteiger partial charge in [0.05, 0.1) is 0 Å². The fourth-order valence-electron chi connectivity index (χ4n) is 3.45. The highest BCUT2D eigenvalue weighted by Crippen LogP contribution is 2.29. The number of carbonyl (C=O) groups excluding carboxylic acids is 1. The molecule has 2 aromatic carbocycles. The Kier molecular flexibility index (Phi) is 5.51. The third-order valence-corrected chi connectivity index (χ3v) is 5.09. The fourth-order valence-corrected chi connectivity index (χ4v) is 3.45. The normalized spacial score (nSPS) is 11.4. The second kappa shape index (κ2) is 8.01. The predicted molar refractivity (Wildman–Crippen MR) is 115 cm³/mol. The summed E-state index contributed by atoms with van der Waals surface area (Å²) in [6.45, 7) is 6.29. The van der Waals surface area contributed by atoms with Crippen molar-refractivity contribution in [1.82, 2.24) is 4.57 Å². The van der Waals surface area contributed by atoms with Crippen LogP contribution in [0.4, 0.5) is 5.69 Å². The Balaban J connectivity index is 2.00. The number of nitrogens with zero attached hydrogens (tertiary/aromatic N) is 3. The summed E-state index contributed by atoms with van der Waals surface area (Å²) in [7, 11) is 1.91. The molecule has 3 rings (SSSR count). The summed E-state index contributed by atoms with van der Waals surface area (Å²) in [5, 5.41) is 11.4. The molecule has 1 amide bonds. The number of carbonyl (C=O) groups is 1. The van der Waals surface area contributed by atoms with Crippen LogP contribution in [0.15, 0.2) is 54.1 Å². The van der Waals surface area contributed by atoms with E-state index in [0.717, 1.165) is 30.0 Å². The lowest BCUT2D eigenvalue weighted by molar-refractivity contribution is -0.114. The number of hydrogen-bond acceptors (Lipinski definition) is 3. The van der Waals surface area contributed by atoms with E-state index in [0.29, 0.717) is 0 Å². The number of benzene rings is 2. The first-order valence-electron chi connectivity index (χ1n) is 9.35. The van der Waals surface area contributed by atoms with E-state index in [9.17, 15) is 4.79 Å². The zero-order chi connectivity index (χ0) is 20.3. The van der Waals surface area contributed by atoms with Gasteiger partial charge in [0.1, 0.15) is 11.6 Å².